The van der Waals surface area contributed by atoms with Gasteiger partial charge in [-0.05, 0) is 48.6 Å². The summed E-state index contributed by atoms with van der Waals surface area (Å²) in [5.74, 6) is -1.35. The second kappa shape index (κ2) is 7.36. The van der Waals surface area contributed by atoms with E-state index in [1.165, 1.54) is 17.4 Å². The molecule has 0 aliphatic rings. The highest BCUT2D eigenvalue weighted by Crippen LogP contribution is 2.29. The van der Waals surface area contributed by atoms with Crippen LogP contribution in [0.25, 0.3) is 22.3 Å². The van der Waals surface area contributed by atoms with E-state index in [9.17, 15) is 13.6 Å². The topological polar surface area (TPSA) is 43.6 Å². The van der Waals surface area contributed by atoms with Gasteiger partial charge in [0.15, 0.2) is 10.7 Å². The summed E-state index contributed by atoms with van der Waals surface area (Å²) < 4.78 is 33.8. The van der Waals surface area contributed by atoms with Gasteiger partial charge in [-0.15, -0.1) is 11.3 Å². The number of fused-ring (bicyclic) bond motifs is 1. The van der Waals surface area contributed by atoms with E-state index in [0.717, 1.165) is 34.5 Å². The Hall–Kier alpha value is -3.32. The van der Waals surface area contributed by atoms with Crippen LogP contribution < -0.4 is 4.74 Å². The minimum absolute atomic E-state index is 0.0502. The molecule has 0 aliphatic carbocycles. The van der Waals surface area contributed by atoms with Gasteiger partial charge in [0.25, 0.3) is 0 Å². The minimum atomic E-state index is -0.791. The maximum absolute atomic E-state index is 13.4. The van der Waals surface area contributed by atoms with Crippen molar-refractivity contribution in [2.24, 2.45) is 0 Å². The third kappa shape index (κ3) is 3.44. The Kier molecular flexibility index (Phi) is 4.75. The third-order valence-corrected chi connectivity index (χ3v) is 4.96. The van der Waals surface area contributed by atoms with Crippen molar-refractivity contribution in [1.29, 1.82) is 0 Å². The van der Waals surface area contributed by atoms with Crippen LogP contribution in [0.2, 0.25) is 0 Å². The summed E-state index contributed by atoms with van der Waals surface area (Å²) in [4.78, 5) is 17.8. The molecule has 0 unspecified atom stereocenters. The van der Waals surface area contributed by atoms with Gasteiger partial charge in [0, 0.05) is 28.8 Å². The molecule has 0 spiro atoms. The summed E-state index contributed by atoms with van der Waals surface area (Å²) in [7, 11) is 1.59. The van der Waals surface area contributed by atoms with Crippen LogP contribution in [0.1, 0.15) is 16.1 Å². The number of carbonyl (C=O) groups excluding carboxylic acids is 1. The van der Waals surface area contributed by atoms with Gasteiger partial charge in [0.05, 0.1) is 18.5 Å². The van der Waals surface area contributed by atoms with Crippen LogP contribution >= 0.6 is 11.3 Å². The average molecular weight is 396 g/mol. The van der Waals surface area contributed by atoms with Gasteiger partial charge in [-0.1, -0.05) is 0 Å². The van der Waals surface area contributed by atoms with Crippen molar-refractivity contribution in [3.63, 3.8) is 0 Å². The minimum Gasteiger partial charge on any atom is -0.497 e. The molecule has 0 amide bonds. The number of halogens is 2. The zero-order chi connectivity index (χ0) is 19.7. The number of carbonyl (C=O) groups is 1. The van der Waals surface area contributed by atoms with E-state index in [1.807, 2.05) is 40.2 Å². The van der Waals surface area contributed by atoms with E-state index in [2.05, 4.69) is 4.98 Å². The molecule has 4 aromatic rings. The Labute approximate surface area is 163 Å². The molecule has 28 heavy (non-hydrogen) atoms. The van der Waals surface area contributed by atoms with E-state index in [1.54, 1.807) is 13.2 Å². The second-order valence-corrected chi connectivity index (χ2v) is 6.86. The number of allylic oxidation sites excluding steroid dienone is 1. The number of thiazole rings is 1. The van der Waals surface area contributed by atoms with E-state index in [-0.39, 0.29) is 5.56 Å². The van der Waals surface area contributed by atoms with E-state index >= 15 is 0 Å². The van der Waals surface area contributed by atoms with Crippen LogP contribution in [0.5, 0.6) is 5.75 Å². The molecular weight excluding hydrogens is 382 g/mol. The molecule has 4 rings (SSSR count). The Morgan fingerprint density at radius 1 is 1.14 bits per heavy atom. The van der Waals surface area contributed by atoms with Gasteiger partial charge in [-0.25, -0.2) is 13.8 Å². The predicted molar refractivity (Wildman–Crippen MR) is 105 cm³/mol. The number of ether oxygens (including phenoxy) is 1. The van der Waals surface area contributed by atoms with E-state index < -0.39 is 17.4 Å². The summed E-state index contributed by atoms with van der Waals surface area (Å²) in [6.45, 7) is 0. The highest BCUT2D eigenvalue weighted by Gasteiger charge is 2.14. The molecule has 2 heterocycles. The number of ketones is 1. The first-order valence-electron chi connectivity index (χ1n) is 8.33. The maximum Gasteiger partial charge on any atom is 0.194 e. The van der Waals surface area contributed by atoms with Crippen molar-refractivity contribution in [3.05, 3.63) is 83.0 Å². The summed E-state index contributed by atoms with van der Waals surface area (Å²) in [5.41, 5.74) is 2.21. The highest BCUT2D eigenvalue weighted by molar-refractivity contribution is 7.15. The van der Waals surface area contributed by atoms with Gasteiger partial charge in [-0.2, -0.15) is 0 Å². The van der Waals surface area contributed by atoms with Gasteiger partial charge < -0.3 is 4.74 Å². The Morgan fingerprint density at radius 2 is 1.86 bits per heavy atom. The van der Waals surface area contributed by atoms with Crippen molar-refractivity contribution in [2.45, 2.75) is 0 Å². The lowest BCUT2D eigenvalue weighted by molar-refractivity contribution is 0.104. The Balaban J connectivity index is 1.73. The van der Waals surface area contributed by atoms with Crippen molar-refractivity contribution < 1.29 is 18.3 Å². The molecule has 0 atom stereocenters. The molecule has 0 bridgehead atoms. The van der Waals surface area contributed by atoms with Crippen LogP contribution in [0.4, 0.5) is 8.78 Å². The van der Waals surface area contributed by atoms with Gasteiger partial charge in [-0.3, -0.25) is 9.20 Å². The molecule has 140 valence electrons. The normalized spacial score (nSPS) is 11.4. The van der Waals surface area contributed by atoms with Crippen LogP contribution in [0.15, 0.2) is 60.1 Å². The average Bonchev–Trinajstić information content (AvgIpc) is 3.27. The molecule has 0 N–H and O–H groups in total. The fraction of sp³-hybridized carbons (Fsp3) is 0.0476. The van der Waals surface area contributed by atoms with Gasteiger partial charge >= 0.3 is 0 Å². The smallest absolute Gasteiger partial charge is 0.194 e. The molecule has 0 saturated carbocycles. The molecular formula is C21H14F2N2O2S. The lowest BCUT2D eigenvalue weighted by Gasteiger charge is -2.03. The zero-order valence-electron chi connectivity index (χ0n) is 14.7. The Morgan fingerprint density at radius 3 is 2.54 bits per heavy atom. The number of benzene rings is 2. The number of aromatic nitrogens is 2. The summed E-state index contributed by atoms with van der Waals surface area (Å²) >= 11 is 1.47. The summed E-state index contributed by atoms with van der Waals surface area (Å²) in [6.07, 6.45) is 4.76. The predicted octanol–water partition coefficient (Wildman–Crippen LogP) is 5.25. The SMILES string of the molecule is COc1ccc(-c2nc3sccn3c2/C=C/C(=O)c2cc(F)cc(F)c2)cc1. The zero-order valence-corrected chi connectivity index (χ0v) is 15.5. The van der Waals surface area contributed by atoms with Crippen molar-refractivity contribution in [2.75, 3.05) is 7.11 Å². The largest absolute Gasteiger partial charge is 0.497 e. The molecule has 4 nitrogen and oxygen atoms in total. The first kappa shape index (κ1) is 18.1. The highest BCUT2D eigenvalue weighted by atomic mass is 32.1. The van der Waals surface area contributed by atoms with Gasteiger partial charge in [0.1, 0.15) is 17.4 Å². The summed E-state index contributed by atoms with van der Waals surface area (Å²) in [5, 5.41) is 1.89. The number of hydrogen-bond acceptors (Lipinski definition) is 4. The molecule has 0 saturated heterocycles. The first-order chi connectivity index (χ1) is 13.5. The lowest BCUT2D eigenvalue weighted by Crippen LogP contribution is -1.97. The molecule has 2 aromatic carbocycles. The fourth-order valence-corrected chi connectivity index (χ4v) is 3.59. The van der Waals surface area contributed by atoms with Crippen molar-refractivity contribution in [1.82, 2.24) is 9.38 Å². The maximum atomic E-state index is 13.4. The Bertz CT molecular complexity index is 1170. The number of rotatable bonds is 5. The van der Waals surface area contributed by atoms with Gasteiger partial charge in [0.2, 0.25) is 0 Å². The number of methoxy groups -OCH3 is 1. The first-order valence-corrected chi connectivity index (χ1v) is 9.21. The second-order valence-electron chi connectivity index (χ2n) is 5.99. The van der Waals surface area contributed by atoms with Crippen LogP contribution in [0, 0.1) is 11.6 Å². The third-order valence-electron chi connectivity index (χ3n) is 4.20. The number of imidazole rings is 1. The van der Waals surface area contributed by atoms with E-state index in [4.69, 9.17) is 4.74 Å². The van der Waals surface area contributed by atoms with Crippen LogP contribution in [0.3, 0.4) is 0 Å². The quantitative estimate of drug-likeness (QED) is 0.342. The number of hydrogen-bond donors (Lipinski definition) is 0. The summed E-state index contributed by atoms with van der Waals surface area (Å²) in [6, 6.07) is 10.2. The van der Waals surface area contributed by atoms with Crippen LogP contribution in [-0.4, -0.2) is 22.3 Å². The monoisotopic (exact) mass is 396 g/mol. The molecule has 0 fully saturated rings. The molecule has 2 aromatic heterocycles. The van der Waals surface area contributed by atoms with E-state index in [0.29, 0.717) is 11.4 Å². The molecule has 7 heteroatoms. The van der Waals surface area contributed by atoms with Crippen LogP contribution in [-0.2, 0) is 0 Å². The number of nitrogens with zero attached hydrogens (tertiary/aromatic N) is 2. The molecule has 0 radical (unpaired) electrons. The fourth-order valence-electron chi connectivity index (χ4n) is 2.87. The lowest BCUT2D eigenvalue weighted by atomic mass is 10.1. The molecule has 0 aliphatic heterocycles. The van der Waals surface area contributed by atoms with Crippen molar-refractivity contribution in [3.8, 4) is 17.0 Å². The van der Waals surface area contributed by atoms with Crippen molar-refractivity contribution >= 4 is 28.2 Å². The standard InChI is InChI=1S/C21H14F2N2O2S/c1-27-17-4-2-13(3-5-17)20-18(25-8-9-28-21(25)24-20)6-7-19(26)14-10-15(22)12-16(23)11-14/h2-12H,1H3/b7-6+.